The standard InChI is InChI=1S/C18H21NO3/c1-4-13-8-12-9-18(22-5-2)17(21-3)11-15(12)16-10-14(20)6-7-19(13)16/h6-7,9-11,13H,4-5,8H2,1-3H3. The van der Waals surface area contributed by atoms with Crippen LogP contribution in [0.25, 0.3) is 11.3 Å². The SMILES string of the molecule is CCOc1cc2c(cc1OC)-c1cc(=O)ccn1C(CC)C2. The van der Waals surface area contributed by atoms with Crippen molar-refractivity contribution in [1.29, 1.82) is 0 Å². The van der Waals surface area contributed by atoms with Crippen LogP contribution in [0.1, 0.15) is 31.9 Å². The van der Waals surface area contributed by atoms with Gasteiger partial charge in [-0.2, -0.15) is 0 Å². The third-order valence-corrected chi connectivity index (χ3v) is 4.24. The Hall–Kier alpha value is -2.23. The molecule has 1 aromatic carbocycles. The molecule has 1 aromatic heterocycles. The van der Waals surface area contributed by atoms with E-state index in [4.69, 9.17) is 9.47 Å². The van der Waals surface area contributed by atoms with Gasteiger partial charge in [-0.15, -0.1) is 0 Å². The summed E-state index contributed by atoms with van der Waals surface area (Å²) in [5.41, 5.74) is 3.26. The van der Waals surface area contributed by atoms with Crippen molar-refractivity contribution in [3.05, 3.63) is 46.2 Å². The van der Waals surface area contributed by atoms with Crippen molar-refractivity contribution in [2.75, 3.05) is 13.7 Å². The summed E-state index contributed by atoms with van der Waals surface area (Å²) in [5, 5.41) is 0. The quantitative estimate of drug-likeness (QED) is 0.868. The predicted molar refractivity (Wildman–Crippen MR) is 86.9 cm³/mol. The normalized spacial score (nSPS) is 15.9. The summed E-state index contributed by atoms with van der Waals surface area (Å²) < 4.78 is 13.3. The van der Waals surface area contributed by atoms with Gasteiger partial charge < -0.3 is 14.0 Å². The van der Waals surface area contributed by atoms with Crippen LogP contribution in [0.3, 0.4) is 0 Å². The van der Waals surface area contributed by atoms with Gasteiger partial charge in [0, 0.05) is 29.9 Å². The minimum atomic E-state index is 0.0294. The van der Waals surface area contributed by atoms with Gasteiger partial charge in [0.25, 0.3) is 0 Å². The zero-order valence-electron chi connectivity index (χ0n) is 13.3. The fourth-order valence-electron chi connectivity index (χ4n) is 3.16. The molecule has 2 aromatic rings. The van der Waals surface area contributed by atoms with Gasteiger partial charge in [0.1, 0.15) is 0 Å². The van der Waals surface area contributed by atoms with Crippen LogP contribution < -0.4 is 14.9 Å². The average Bonchev–Trinajstić information content (AvgIpc) is 2.53. The summed E-state index contributed by atoms with van der Waals surface area (Å²) in [6.45, 7) is 4.73. The van der Waals surface area contributed by atoms with Crippen LogP contribution in [0.4, 0.5) is 0 Å². The highest BCUT2D eigenvalue weighted by Gasteiger charge is 2.24. The van der Waals surface area contributed by atoms with Crippen molar-refractivity contribution >= 4 is 0 Å². The van der Waals surface area contributed by atoms with E-state index >= 15 is 0 Å². The van der Waals surface area contributed by atoms with Crippen LogP contribution in [-0.2, 0) is 6.42 Å². The van der Waals surface area contributed by atoms with E-state index < -0.39 is 0 Å². The molecule has 0 fully saturated rings. The molecule has 3 rings (SSSR count). The second-order valence-electron chi connectivity index (χ2n) is 5.51. The second kappa shape index (κ2) is 5.87. The first-order chi connectivity index (χ1) is 10.7. The zero-order valence-corrected chi connectivity index (χ0v) is 13.3. The number of hydrogen-bond donors (Lipinski definition) is 0. The highest BCUT2D eigenvalue weighted by molar-refractivity contribution is 5.70. The molecule has 0 N–H and O–H groups in total. The molecule has 4 heteroatoms. The number of benzene rings is 1. The first kappa shape index (κ1) is 14.7. The molecule has 0 amide bonds. The first-order valence-electron chi connectivity index (χ1n) is 7.74. The minimum absolute atomic E-state index is 0.0294. The van der Waals surface area contributed by atoms with Crippen LogP contribution in [0.5, 0.6) is 11.5 Å². The second-order valence-corrected chi connectivity index (χ2v) is 5.51. The Morgan fingerprint density at radius 2 is 2.05 bits per heavy atom. The lowest BCUT2D eigenvalue weighted by atomic mass is 9.91. The fourth-order valence-corrected chi connectivity index (χ4v) is 3.16. The van der Waals surface area contributed by atoms with E-state index in [-0.39, 0.29) is 5.43 Å². The molecule has 0 saturated heterocycles. The summed E-state index contributed by atoms with van der Waals surface area (Å²) >= 11 is 0. The van der Waals surface area contributed by atoms with E-state index in [2.05, 4.69) is 17.6 Å². The number of rotatable bonds is 4. The predicted octanol–water partition coefficient (Wildman–Crippen LogP) is 3.43. The van der Waals surface area contributed by atoms with E-state index in [0.717, 1.165) is 29.8 Å². The monoisotopic (exact) mass is 299 g/mol. The van der Waals surface area contributed by atoms with E-state index in [0.29, 0.717) is 18.4 Å². The molecular formula is C18H21NO3. The largest absolute Gasteiger partial charge is 0.493 e. The Bertz CT molecular complexity index is 748. The van der Waals surface area contributed by atoms with Crippen molar-refractivity contribution in [2.45, 2.75) is 32.7 Å². The number of methoxy groups -OCH3 is 1. The van der Waals surface area contributed by atoms with Crippen LogP contribution in [0, 0.1) is 0 Å². The van der Waals surface area contributed by atoms with Crippen molar-refractivity contribution in [3.8, 4) is 22.8 Å². The van der Waals surface area contributed by atoms with E-state index in [1.165, 1.54) is 5.56 Å². The molecule has 0 saturated carbocycles. The van der Waals surface area contributed by atoms with Crippen LogP contribution in [0.2, 0.25) is 0 Å². The molecule has 0 bridgehead atoms. The van der Waals surface area contributed by atoms with E-state index in [9.17, 15) is 4.79 Å². The molecule has 116 valence electrons. The van der Waals surface area contributed by atoms with Gasteiger partial charge >= 0.3 is 0 Å². The van der Waals surface area contributed by atoms with Gasteiger partial charge in [-0.25, -0.2) is 0 Å². The summed E-state index contributed by atoms with van der Waals surface area (Å²) in [6.07, 6.45) is 3.86. The number of ether oxygens (including phenoxy) is 2. The molecule has 1 unspecified atom stereocenters. The Kier molecular flexibility index (Phi) is 3.92. The highest BCUT2D eigenvalue weighted by atomic mass is 16.5. The van der Waals surface area contributed by atoms with Crippen molar-refractivity contribution < 1.29 is 9.47 Å². The summed E-state index contributed by atoms with van der Waals surface area (Å²) in [7, 11) is 1.64. The van der Waals surface area contributed by atoms with Gasteiger partial charge in [0.05, 0.1) is 19.4 Å². The maximum absolute atomic E-state index is 11.8. The number of fused-ring (bicyclic) bond motifs is 3. The lowest BCUT2D eigenvalue weighted by Gasteiger charge is -2.30. The van der Waals surface area contributed by atoms with Gasteiger partial charge in [-0.05, 0) is 37.5 Å². The molecular weight excluding hydrogens is 278 g/mol. The maximum atomic E-state index is 11.8. The van der Waals surface area contributed by atoms with Gasteiger partial charge in [-0.1, -0.05) is 6.92 Å². The minimum Gasteiger partial charge on any atom is -0.493 e. The maximum Gasteiger partial charge on any atom is 0.182 e. The van der Waals surface area contributed by atoms with Crippen LogP contribution in [-0.4, -0.2) is 18.3 Å². The highest BCUT2D eigenvalue weighted by Crippen LogP contribution is 2.41. The van der Waals surface area contributed by atoms with Gasteiger partial charge in [0.15, 0.2) is 16.9 Å². The Balaban J connectivity index is 2.22. The molecule has 1 aliphatic heterocycles. The molecule has 22 heavy (non-hydrogen) atoms. The smallest absolute Gasteiger partial charge is 0.182 e. The Morgan fingerprint density at radius 3 is 2.73 bits per heavy atom. The summed E-state index contributed by atoms with van der Waals surface area (Å²) in [4.78, 5) is 11.8. The number of hydrogen-bond acceptors (Lipinski definition) is 3. The Labute approximate surface area is 130 Å². The zero-order chi connectivity index (χ0) is 15.7. The third kappa shape index (κ3) is 2.39. The number of pyridine rings is 1. The molecule has 4 nitrogen and oxygen atoms in total. The molecule has 2 heterocycles. The van der Waals surface area contributed by atoms with Crippen LogP contribution in [0.15, 0.2) is 35.3 Å². The lowest BCUT2D eigenvalue weighted by molar-refractivity contribution is 0.310. The molecule has 0 spiro atoms. The van der Waals surface area contributed by atoms with Gasteiger partial charge in [-0.3, -0.25) is 4.79 Å². The van der Waals surface area contributed by atoms with E-state index in [1.54, 1.807) is 19.2 Å². The van der Waals surface area contributed by atoms with Gasteiger partial charge in [0.2, 0.25) is 0 Å². The van der Waals surface area contributed by atoms with E-state index in [1.807, 2.05) is 19.2 Å². The summed E-state index contributed by atoms with van der Waals surface area (Å²) in [6, 6.07) is 7.74. The molecule has 0 radical (unpaired) electrons. The molecule has 1 aliphatic rings. The van der Waals surface area contributed by atoms with Crippen molar-refractivity contribution in [1.82, 2.24) is 4.57 Å². The van der Waals surface area contributed by atoms with Crippen molar-refractivity contribution in [3.63, 3.8) is 0 Å². The van der Waals surface area contributed by atoms with Crippen molar-refractivity contribution in [2.24, 2.45) is 0 Å². The lowest BCUT2D eigenvalue weighted by Crippen LogP contribution is -2.21. The fraction of sp³-hybridized carbons (Fsp3) is 0.389. The summed E-state index contributed by atoms with van der Waals surface area (Å²) in [5.74, 6) is 1.48. The first-order valence-corrected chi connectivity index (χ1v) is 7.74. The Morgan fingerprint density at radius 1 is 1.23 bits per heavy atom. The number of nitrogens with zero attached hydrogens (tertiary/aromatic N) is 1. The molecule has 1 atom stereocenters. The molecule has 0 aliphatic carbocycles. The topological polar surface area (TPSA) is 40.5 Å². The average molecular weight is 299 g/mol. The van der Waals surface area contributed by atoms with Crippen LogP contribution >= 0.6 is 0 Å². The third-order valence-electron chi connectivity index (χ3n) is 4.24. The number of aromatic nitrogens is 1.